The Balaban J connectivity index is 1.22. The molecular formula is C23H24FN3O2. The molecule has 6 heteroatoms. The van der Waals surface area contributed by atoms with Crippen molar-refractivity contribution in [1.29, 1.82) is 0 Å². The first-order valence-corrected chi connectivity index (χ1v) is 10.3. The van der Waals surface area contributed by atoms with Crippen LogP contribution in [0.1, 0.15) is 41.1 Å². The van der Waals surface area contributed by atoms with Crippen LogP contribution in [0.2, 0.25) is 0 Å². The average Bonchev–Trinajstić information content (AvgIpc) is 3.03. The van der Waals surface area contributed by atoms with Crippen LogP contribution in [0.25, 0.3) is 0 Å². The lowest BCUT2D eigenvalue weighted by Crippen LogP contribution is -2.49. The van der Waals surface area contributed by atoms with Crippen LogP contribution < -0.4 is 10.2 Å². The standard InChI is InChI=1S/C23H24FN3O2/c24-16-8-6-15(7-9-16)21(28)5-2-11-26-12-10-20-18(13-26)17-3-1-4-19-23(17)27(20)14-22(29)25-19/h1,3-4,6-9,18,20H,2,5,10-14H2,(H,25,29)/t18?,20-/m0/s1. The lowest BCUT2D eigenvalue weighted by Gasteiger charge is -2.39. The molecule has 0 aliphatic carbocycles. The van der Waals surface area contributed by atoms with E-state index in [1.165, 1.54) is 23.4 Å². The predicted octanol–water partition coefficient (Wildman–Crippen LogP) is 3.42. The molecule has 1 fully saturated rings. The van der Waals surface area contributed by atoms with Crippen molar-refractivity contribution in [2.24, 2.45) is 0 Å². The number of carbonyl (C=O) groups is 2. The highest BCUT2D eigenvalue weighted by atomic mass is 19.1. The van der Waals surface area contributed by atoms with E-state index in [0.29, 0.717) is 30.5 Å². The smallest absolute Gasteiger partial charge is 0.243 e. The lowest BCUT2D eigenvalue weighted by atomic mass is 9.89. The predicted molar refractivity (Wildman–Crippen MR) is 110 cm³/mol. The molecule has 0 radical (unpaired) electrons. The van der Waals surface area contributed by atoms with Crippen LogP contribution in [-0.4, -0.2) is 48.8 Å². The summed E-state index contributed by atoms with van der Waals surface area (Å²) in [4.78, 5) is 29.1. The van der Waals surface area contributed by atoms with Gasteiger partial charge in [0.25, 0.3) is 0 Å². The van der Waals surface area contributed by atoms with Crippen molar-refractivity contribution in [2.75, 3.05) is 36.4 Å². The monoisotopic (exact) mass is 393 g/mol. The fourth-order valence-electron chi connectivity index (χ4n) is 5.12. The minimum Gasteiger partial charge on any atom is -0.357 e. The summed E-state index contributed by atoms with van der Waals surface area (Å²) in [6, 6.07) is 12.4. The average molecular weight is 393 g/mol. The molecule has 5 rings (SSSR count). The number of rotatable bonds is 5. The van der Waals surface area contributed by atoms with Crippen LogP contribution in [0, 0.1) is 5.82 Å². The number of nitrogens with one attached hydrogen (secondary N) is 1. The summed E-state index contributed by atoms with van der Waals surface area (Å²) in [6.07, 6.45) is 2.30. The number of fused-ring (bicyclic) bond motifs is 3. The highest BCUT2D eigenvalue weighted by Gasteiger charge is 2.44. The van der Waals surface area contributed by atoms with Crippen molar-refractivity contribution in [2.45, 2.75) is 31.2 Å². The highest BCUT2D eigenvalue weighted by molar-refractivity contribution is 6.03. The number of halogens is 1. The molecule has 2 aromatic rings. The number of hydrogen-bond acceptors (Lipinski definition) is 4. The number of Topliss-reactive ketones (excluding diaryl/α,β-unsaturated/α-hetero) is 1. The third-order valence-electron chi connectivity index (χ3n) is 6.45. The topological polar surface area (TPSA) is 52.7 Å². The number of likely N-dealkylation sites (tertiary alicyclic amines) is 1. The first-order chi connectivity index (χ1) is 14.1. The van der Waals surface area contributed by atoms with E-state index in [1.807, 2.05) is 12.1 Å². The molecule has 3 heterocycles. The number of ketones is 1. The van der Waals surface area contributed by atoms with Gasteiger partial charge in [-0.25, -0.2) is 4.39 Å². The van der Waals surface area contributed by atoms with E-state index in [1.54, 1.807) is 12.1 Å². The van der Waals surface area contributed by atoms with Gasteiger partial charge >= 0.3 is 0 Å². The number of piperidine rings is 1. The maximum absolute atomic E-state index is 13.0. The van der Waals surface area contributed by atoms with Crippen LogP contribution in [0.4, 0.5) is 15.8 Å². The molecule has 1 saturated heterocycles. The lowest BCUT2D eigenvalue weighted by molar-refractivity contribution is -0.115. The largest absolute Gasteiger partial charge is 0.357 e. The number of benzene rings is 2. The molecule has 0 saturated carbocycles. The first-order valence-electron chi connectivity index (χ1n) is 10.3. The van der Waals surface area contributed by atoms with Gasteiger partial charge in [0.2, 0.25) is 5.91 Å². The normalized spacial score (nSPS) is 22.8. The molecule has 1 amide bonds. The van der Waals surface area contributed by atoms with E-state index in [0.717, 1.165) is 38.2 Å². The molecular weight excluding hydrogens is 369 g/mol. The Bertz CT molecular complexity index is 959. The second kappa shape index (κ2) is 7.26. The summed E-state index contributed by atoms with van der Waals surface area (Å²) < 4.78 is 13.0. The maximum Gasteiger partial charge on any atom is 0.243 e. The molecule has 0 bridgehead atoms. The Morgan fingerprint density at radius 2 is 2.00 bits per heavy atom. The molecule has 1 unspecified atom stereocenters. The zero-order chi connectivity index (χ0) is 20.0. The van der Waals surface area contributed by atoms with E-state index in [9.17, 15) is 14.0 Å². The zero-order valence-corrected chi connectivity index (χ0v) is 16.2. The van der Waals surface area contributed by atoms with Crippen LogP contribution in [0.5, 0.6) is 0 Å². The van der Waals surface area contributed by atoms with E-state index < -0.39 is 0 Å². The van der Waals surface area contributed by atoms with Gasteiger partial charge < -0.3 is 15.1 Å². The number of hydrogen-bond donors (Lipinski definition) is 1. The molecule has 29 heavy (non-hydrogen) atoms. The molecule has 3 aliphatic heterocycles. The van der Waals surface area contributed by atoms with Gasteiger partial charge in [0, 0.05) is 37.0 Å². The zero-order valence-electron chi connectivity index (χ0n) is 16.2. The van der Waals surface area contributed by atoms with Gasteiger partial charge in [-0.2, -0.15) is 0 Å². The Morgan fingerprint density at radius 3 is 2.83 bits per heavy atom. The Kier molecular flexibility index (Phi) is 4.59. The second-order valence-electron chi connectivity index (χ2n) is 8.22. The minimum absolute atomic E-state index is 0.0667. The molecule has 0 aromatic heterocycles. The third kappa shape index (κ3) is 3.31. The number of nitrogens with zero attached hydrogens (tertiary/aromatic N) is 2. The summed E-state index contributed by atoms with van der Waals surface area (Å²) in [5.41, 5.74) is 4.05. The van der Waals surface area contributed by atoms with Gasteiger partial charge in [0.15, 0.2) is 5.78 Å². The molecule has 3 aliphatic rings. The minimum atomic E-state index is -0.320. The molecule has 2 atom stereocenters. The van der Waals surface area contributed by atoms with Crippen molar-refractivity contribution in [3.05, 3.63) is 59.4 Å². The summed E-state index contributed by atoms with van der Waals surface area (Å²) in [5.74, 6) is 0.216. The van der Waals surface area contributed by atoms with Crippen molar-refractivity contribution >= 4 is 23.1 Å². The van der Waals surface area contributed by atoms with Crippen LogP contribution in [0.15, 0.2) is 42.5 Å². The van der Waals surface area contributed by atoms with Crippen LogP contribution >= 0.6 is 0 Å². The van der Waals surface area contributed by atoms with Crippen molar-refractivity contribution in [3.63, 3.8) is 0 Å². The maximum atomic E-state index is 13.0. The summed E-state index contributed by atoms with van der Waals surface area (Å²) >= 11 is 0. The van der Waals surface area contributed by atoms with Crippen molar-refractivity contribution < 1.29 is 14.0 Å². The number of amides is 1. The van der Waals surface area contributed by atoms with Gasteiger partial charge in [-0.3, -0.25) is 9.59 Å². The van der Waals surface area contributed by atoms with Gasteiger partial charge in [0.1, 0.15) is 5.82 Å². The second-order valence-corrected chi connectivity index (χ2v) is 8.22. The Labute approximate surface area is 169 Å². The number of carbonyl (C=O) groups excluding carboxylic acids is 2. The SMILES string of the molecule is O=C1CN2c3c(cccc3C3CN(CCCC(=O)c4ccc(F)cc4)CC[C@@H]32)N1. The fourth-order valence-corrected chi connectivity index (χ4v) is 5.12. The van der Waals surface area contributed by atoms with Crippen molar-refractivity contribution in [3.8, 4) is 0 Å². The first kappa shape index (κ1) is 18.3. The Hall–Kier alpha value is -2.73. The molecule has 1 N–H and O–H groups in total. The fraction of sp³-hybridized carbons (Fsp3) is 0.391. The molecule has 150 valence electrons. The van der Waals surface area contributed by atoms with E-state index >= 15 is 0 Å². The third-order valence-corrected chi connectivity index (χ3v) is 6.45. The van der Waals surface area contributed by atoms with Gasteiger partial charge in [-0.05, 0) is 55.3 Å². The number of para-hydroxylation sites is 1. The highest BCUT2D eigenvalue weighted by Crippen LogP contribution is 2.49. The van der Waals surface area contributed by atoms with E-state index in [4.69, 9.17) is 0 Å². The van der Waals surface area contributed by atoms with Crippen molar-refractivity contribution in [1.82, 2.24) is 4.90 Å². The summed E-state index contributed by atoms with van der Waals surface area (Å²) in [7, 11) is 0. The van der Waals surface area contributed by atoms with E-state index in [-0.39, 0.29) is 17.5 Å². The molecule has 2 aromatic carbocycles. The van der Waals surface area contributed by atoms with Gasteiger partial charge in [-0.15, -0.1) is 0 Å². The Morgan fingerprint density at radius 1 is 1.17 bits per heavy atom. The quantitative estimate of drug-likeness (QED) is 0.791. The molecule has 0 spiro atoms. The summed E-state index contributed by atoms with van der Waals surface area (Å²) in [5, 5.41) is 3.00. The number of anilines is 2. The van der Waals surface area contributed by atoms with Crippen LogP contribution in [-0.2, 0) is 4.79 Å². The van der Waals surface area contributed by atoms with Gasteiger partial charge in [0.05, 0.1) is 17.9 Å². The molecule has 5 nitrogen and oxygen atoms in total. The summed E-state index contributed by atoms with van der Waals surface area (Å²) in [6.45, 7) is 3.25. The van der Waals surface area contributed by atoms with Gasteiger partial charge in [-0.1, -0.05) is 12.1 Å². The van der Waals surface area contributed by atoms with E-state index in [2.05, 4.69) is 21.2 Å². The van der Waals surface area contributed by atoms with Crippen LogP contribution in [0.3, 0.4) is 0 Å².